The fourth-order valence-corrected chi connectivity index (χ4v) is 2.68. The molecule has 0 saturated heterocycles. The maximum Gasteiger partial charge on any atom is 0.346 e. The van der Waals surface area contributed by atoms with Gasteiger partial charge in [0.05, 0.1) is 11.3 Å². The van der Waals surface area contributed by atoms with Crippen LogP contribution in [0.5, 0.6) is 5.88 Å². The summed E-state index contributed by atoms with van der Waals surface area (Å²) in [7, 11) is 0. The van der Waals surface area contributed by atoms with Gasteiger partial charge in [-0.1, -0.05) is 24.3 Å². The van der Waals surface area contributed by atoms with Crippen LogP contribution in [-0.2, 0) is 0 Å². The van der Waals surface area contributed by atoms with Gasteiger partial charge in [-0.25, -0.2) is 9.48 Å². The van der Waals surface area contributed by atoms with E-state index in [0.29, 0.717) is 10.0 Å². The number of carbonyl (C=O) groups excluding carboxylic acids is 1. The quantitative estimate of drug-likeness (QED) is 0.661. The van der Waals surface area contributed by atoms with Crippen LogP contribution in [0.3, 0.4) is 0 Å². The van der Waals surface area contributed by atoms with Gasteiger partial charge in [-0.15, -0.1) is 5.10 Å². The van der Waals surface area contributed by atoms with Crippen LogP contribution < -0.4 is 4.74 Å². The Morgan fingerprint density at radius 2 is 1.91 bits per heavy atom. The van der Waals surface area contributed by atoms with E-state index in [4.69, 9.17) is 4.74 Å². The molecule has 0 spiro atoms. The summed E-state index contributed by atoms with van der Waals surface area (Å²) in [6.45, 7) is 1.96. The molecule has 0 amide bonds. The zero-order valence-corrected chi connectivity index (χ0v) is 13.4. The summed E-state index contributed by atoms with van der Waals surface area (Å²) >= 11 is 3.38. The third-order valence-electron chi connectivity index (χ3n) is 3.13. The maximum atomic E-state index is 12.2. The summed E-state index contributed by atoms with van der Waals surface area (Å²) in [5, 5.41) is 4.25. The average molecular weight is 357 g/mol. The number of aryl methyl sites for hydroxylation is 1. The molecule has 0 aliphatic rings. The van der Waals surface area contributed by atoms with Crippen molar-refractivity contribution in [2.45, 2.75) is 6.92 Å². The summed E-state index contributed by atoms with van der Waals surface area (Å²) in [5.74, 6) is -0.175. The molecule has 22 heavy (non-hydrogen) atoms. The van der Waals surface area contributed by atoms with Crippen LogP contribution in [0.25, 0.3) is 5.69 Å². The summed E-state index contributed by atoms with van der Waals surface area (Å²) in [4.78, 5) is 12.2. The summed E-state index contributed by atoms with van der Waals surface area (Å²) in [6.07, 6.45) is 1.75. The minimum Gasteiger partial charge on any atom is -0.402 e. The first-order valence-corrected chi connectivity index (χ1v) is 7.52. The standard InChI is InChI=1S/C17H13BrN2O2/c1-12-7-8-14(15(18)11-12)17(21)22-16-9-10-20(19-16)13-5-3-2-4-6-13/h2-11H,1H3. The normalized spacial score (nSPS) is 10.5. The van der Waals surface area contributed by atoms with E-state index < -0.39 is 5.97 Å². The Hall–Kier alpha value is -2.40. The lowest BCUT2D eigenvalue weighted by Gasteiger charge is -2.04. The number of benzene rings is 2. The van der Waals surface area contributed by atoms with E-state index in [1.54, 1.807) is 23.0 Å². The molecule has 0 aliphatic carbocycles. The highest BCUT2D eigenvalue weighted by Gasteiger charge is 2.14. The Balaban J connectivity index is 1.79. The highest BCUT2D eigenvalue weighted by Crippen LogP contribution is 2.20. The molecule has 0 aliphatic heterocycles. The van der Waals surface area contributed by atoms with Crippen LogP contribution >= 0.6 is 15.9 Å². The first-order chi connectivity index (χ1) is 10.6. The number of ether oxygens (including phenoxy) is 1. The molecule has 0 fully saturated rings. The van der Waals surface area contributed by atoms with Crippen LogP contribution in [0.15, 0.2) is 65.3 Å². The van der Waals surface area contributed by atoms with Gasteiger partial charge < -0.3 is 4.74 Å². The molecule has 1 heterocycles. The fraction of sp³-hybridized carbons (Fsp3) is 0.0588. The van der Waals surface area contributed by atoms with Crippen molar-refractivity contribution in [3.8, 4) is 11.6 Å². The molecule has 0 radical (unpaired) electrons. The molecule has 0 unspecified atom stereocenters. The van der Waals surface area contributed by atoms with Crippen molar-refractivity contribution < 1.29 is 9.53 Å². The third-order valence-corrected chi connectivity index (χ3v) is 3.78. The number of carbonyl (C=O) groups is 1. The second-order valence-corrected chi connectivity index (χ2v) is 5.66. The van der Waals surface area contributed by atoms with Gasteiger partial charge in [0.1, 0.15) is 0 Å². The van der Waals surface area contributed by atoms with Gasteiger partial charge in [0.25, 0.3) is 0 Å². The number of esters is 1. The number of para-hydroxylation sites is 1. The van der Waals surface area contributed by atoms with Crippen LogP contribution in [0, 0.1) is 6.92 Å². The van der Waals surface area contributed by atoms with Crippen molar-refractivity contribution in [1.82, 2.24) is 9.78 Å². The van der Waals surface area contributed by atoms with Crippen LogP contribution in [0.2, 0.25) is 0 Å². The molecule has 0 atom stereocenters. The first-order valence-electron chi connectivity index (χ1n) is 6.73. The number of nitrogens with zero attached hydrogens (tertiary/aromatic N) is 2. The minimum atomic E-state index is -0.440. The smallest absolute Gasteiger partial charge is 0.346 e. The summed E-state index contributed by atoms with van der Waals surface area (Å²) in [5.41, 5.74) is 2.44. The van der Waals surface area contributed by atoms with Gasteiger partial charge in [0.2, 0.25) is 5.88 Å². The molecule has 5 heteroatoms. The van der Waals surface area contributed by atoms with Crippen molar-refractivity contribution in [3.05, 3.63) is 76.4 Å². The number of hydrogen-bond donors (Lipinski definition) is 0. The second kappa shape index (κ2) is 6.15. The minimum absolute atomic E-state index is 0.265. The van der Waals surface area contributed by atoms with Gasteiger partial charge in [-0.05, 0) is 52.7 Å². The van der Waals surface area contributed by atoms with Crippen LogP contribution in [0.4, 0.5) is 0 Å². The van der Waals surface area contributed by atoms with E-state index in [1.807, 2.05) is 49.4 Å². The molecule has 1 aromatic heterocycles. The van der Waals surface area contributed by atoms with E-state index in [-0.39, 0.29) is 5.88 Å². The fourth-order valence-electron chi connectivity index (χ4n) is 2.02. The Labute approximate surface area is 136 Å². The number of rotatable bonds is 3. The highest BCUT2D eigenvalue weighted by molar-refractivity contribution is 9.10. The molecule has 3 aromatic rings. The van der Waals surface area contributed by atoms with E-state index >= 15 is 0 Å². The molecule has 3 rings (SSSR count). The lowest BCUT2D eigenvalue weighted by atomic mass is 10.1. The zero-order valence-electron chi connectivity index (χ0n) is 11.9. The van der Waals surface area contributed by atoms with Gasteiger partial charge in [-0.3, -0.25) is 0 Å². The van der Waals surface area contributed by atoms with Crippen molar-refractivity contribution in [2.24, 2.45) is 0 Å². The van der Waals surface area contributed by atoms with E-state index in [1.165, 1.54) is 0 Å². The number of hydrogen-bond acceptors (Lipinski definition) is 3. The van der Waals surface area contributed by atoms with Crippen molar-refractivity contribution in [3.63, 3.8) is 0 Å². The van der Waals surface area contributed by atoms with Crippen LogP contribution in [-0.4, -0.2) is 15.7 Å². The van der Waals surface area contributed by atoms with E-state index in [2.05, 4.69) is 21.0 Å². The number of halogens is 1. The van der Waals surface area contributed by atoms with Crippen molar-refractivity contribution >= 4 is 21.9 Å². The lowest BCUT2D eigenvalue weighted by molar-refractivity contribution is 0.0726. The Kier molecular flexibility index (Phi) is 4.06. The summed E-state index contributed by atoms with van der Waals surface area (Å²) in [6, 6.07) is 16.8. The van der Waals surface area contributed by atoms with E-state index in [9.17, 15) is 4.79 Å². The Bertz CT molecular complexity index is 813. The molecule has 0 N–H and O–H groups in total. The topological polar surface area (TPSA) is 44.1 Å². The molecule has 4 nitrogen and oxygen atoms in total. The SMILES string of the molecule is Cc1ccc(C(=O)Oc2ccn(-c3ccccc3)n2)c(Br)c1. The lowest BCUT2D eigenvalue weighted by Crippen LogP contribution is -2.10. The Morgan fingerprint density at radius 3 is 2.64 bits per heavy atom. The molecule has 110 valence electrons. The first kappa shape index (κ1) is 14.5. The molecular formula is C17H13BrN2O2. The van der Waals surface area contributed by atoms with Crippen molar-refractivity contribution in [2.75, 3.05) is 0 Å². The largest absolute Gasteiger partial charge is 0.402 e. The monoisotopic (exact) mass is 356 g/mol. The zero-order chi connectivity index (χ0) is 15.5. The number of aromatic nitrogens is 2. The van der Waals surface area contributed by atoms with Gasteiger partial charge in [-0.2, -0.15) is 0 Å². The van der Waals surface area contributed by atoms with E-state index in [0.717, 1.165) is 11.3 Å². The average Bonchev–Trinajstić information content (AvgIpc) is 2.96. The molecule has 0 bridgehead atoms. The van der Waals surface area contributed by atoms with Gasteiger partial charge in [0, 0.05) is 16.7 Å². The summed E-state index contributed by atoms with van der Waals surface area (Å²) < 4.78 is 7.69. The predicted octanol–water partition coefficient (Wildman–Crippen LogP) is 4.16. The third kappa shape index (κ3) is 3.09. The maximum absolute atomic E-state index is 12.2. The Morgan fingerprint density at radius 1 is 1.14 bits per heavy atom. The van der Waals surface area contributed by atoms with Gasteiger partial charge in [0.15, 0.2) is 0 Å². The molecular weight excluding hydrogens is 344 g/mol. The van der Waals surface area contributed by atoms with Crippen molar-refractivity contribution in [1.29, 1.82) is 0 Å². The highest BCUT2D eigenvalue weighted by atomic mass is 79.9. The second-order valence-electron chi connectivity index (χ2n) is 4.81. The van der Waals surface area contributed by atoms with Gasteiger partial charge >= 0.3 is 5.97 Å². The van der Waals surface area contributed by atoms with Crippen LogP contribution in [0.1, 0.15) is 15.9 Å². The molecule has 2 aromatic carbocycles. The molecule has 0 saturated carbocycles. The predicted molar refractivity (Wildman–Crippen MR) is 87.4 cm³/mol.